The summed E-state index contributed by atoms with van der Waals surface area (Å²) >= 11 is 0. The molecule has 0 amide bonds. The molecule has 11 aromatic carbocycles. The third-order valence-electron chi connectivity index (χ3n) is 16.9. The van der Waals surface area contributed by atoms with E-state index in [1.165, 1.54) is 71.5 Å². The summed E-state index contributed by atoms with van der Waals surface area (Å²) in [6.45, 7) is 12.8. The van der Waals surface area contributed by atoms with Crippen LogP contribution in [0.1, 0.15) is 38.8 Å². The van der Waals surface area contributed by atoms with Crippen LogP contribution in [0.5, 0.6) is 0 Å². The molecular formula is C74H59BN2O2. The Balaban J connectivity index is 1.07. The molecule has 0 unspecified atom stereocenters. The smallest absolute Gasteiger partial charge is 0.399 e. The first kappa shape index (κ1) is 48.4. The molecule has 79 heavy (non-hydrogen) atoms. The standard InChI is InChI=1S/C74H59BN2O2/c1-48-30-34-52(35-31-48)69-67(50-20-10-7-11-21-50)68(51-22-12-8-13-23-51)70(53-36-32-49(2)33-37-53)72(71(69)54-38-42-56(43-39-54)75-78-73(3,4)74(5,6)79-75)55-40-44-58(45-41-55)77-64-29-19-17-27-60(64)62-46-65-61(47-66(62)77)59-26-16-18-28-63(59)76(65)57-24-14-9-15-25-57/h7-47H,1-6H3. The highest BCUT2D eigenvalue weighted by Crippen LogP contribution is 2.56. The Morgan fingerprint density at radius 2 is 0.595 bits per heavy atom. The molecular weight excluding hydrogens is 960 g/mol. The van der Waals surface area contributed by atoms with Gasteiger partial charge in [-0.25, -0.2) is 0 Å². The van der Waals surface area contributed by atoms with E-state index in [9.17, 15) is 0 Å². The average Bonchev–Trinajstić information content (AvgIpc) is 4.32. The maximum atomic E-state index is 6.65. The van der Waals surface area contributed by atoms with Crippen LogP contribution in [0.25, 0.3) is 122 Å². The first-order valence-electron chi connectivity index (χ1n) is 27.6. The summed E-state index contributed by atoms with van der Waals surface area (Å²) in [7, 11) is -0.495. The normalized spacial score (nSPS) is 14.0. The molecule has 14 rings (SSSR count). The molecule has 1 aliphatic rings. The van der Waals surface area contributed by atoms with Crippen molar-refractivity contribution < 1.29 is 9.31 Å². The van der Waals surface area contributed by atoms with Crippen molar-refractivity contribution in [2.75, 3.05) is 0 Å². The SMILES string of the molecule is Cc1ccc(-c2c(-c3ccccc3)c(-c3ccccc3)c(-c3ccc(C)cc3)c(-c3ccc(-n4c5ccccc5c5cc6c(cc54)c4ccccc4n6-c4ccccc4)cc3)c2-c2ccc(B3OC(C)(C)C(C)(C)O3)cc2)cc1. The summed E-state index contributed by atoms with van der Waals surface area (Å²) in [5, 5.41) is 4.88. The molecule has 0 aliphatic carbocycles. The molecule has 13 aromatic rings. The quantitative estimate of drug-likeness (QED) is 0.135. The minimum Gasteiger partial charge on any atom is -0.399 e. The van der Waals surface area contributed by atoms with Crippen LogP contribution >= 0.6 is 0 Å². The maximum absolute atomic E-state index is 6.65. The van der Waals surface area contributed by atoms with Gasteiger partial charge >= 0.3 is 7.12 Å². The summed E-state index contributed by atoms with van der Waals surface area (Å²) in [5.74, 6) is 0. The summed E-state index contributed by atoms with van der Waals surface area (Å²) in [4.78, 5) is 0. The molecule has 4 nitrogen and oxygen atoms in total. The predicted octanol–water partition coefficient (Wildman–Crippen LogP) is 18.8. The van der Waals surface area contributed by atoms with Gasteiger partial charge in [0, 0.05) is 32.9 Å². The van der Waals surface area contributed by atoms with Crippen molar-refractivity contribution in [2.24, 2.45) is 0 Å². The van der Waals surface area contributed by atoms with Crippen LogP contribution in [0.4, 0.5) is 0 Å². The number of hydrogen-bond donors (Lipinski definition) is 0. The van der Waals surface area contributed by atoms with Crippen LogP contribution in [0.3, 0.4) is 0 Å². The van der Waals surface area contributed by atoms with Crippen LogP contribution in [-0.4, -0.2) is 27.5 Å². The third kappa shape index (κ3) is 8.06. The molecule has 0 bridgehead atoms. The zero-order valence-corrected chi connectivity index (χ0v) is 45.5. The molecule has 0 radical (unpaired) electrons. The summed E-state index contributed by atoms with van der Waals surface area (Å²) in [5.41, 5.74) is 23.2. The molecule has 0 saturated carbocycles. The van der Waals surface area contributed by atoms with Crippen molar-refractivity contribution >= 4 is 56.2 Å². The van der Waals surface area contributed by atoms with Gasteiger partial charge in [0.15, 0.2) is 0 Å². The molecule has 1 saturated heterocycles. The Hall–Kier alpha value is -9.00. The van der Waals surface area contributed by atoms with Crippen molar-refractivity contribution in [2.45, 2.75) is 52.7 Å². The lowest BCUT2D eigenvalue weighted by Crippen LogP contribution is -2.41. The number of para-hydroxylation sites is 3. The Morgan fingerprint density at radius 3 is 0.987 bits per heavy atom. The second-order valence-electron chi connectivity index (χ2n) is 22.4. The Kier molecular flexibility index (Phi) is 11.6. The fourth-order valence-electron chi connectivity index (χ4n) is 12.3. The monoisotopic (exact) mass is 1020 g/mol. The van der Waals surface area contributed by atoms with E-state index in [2.05, 4.69) is 299 Å². The molecule has 2 aromatic heterocycles. The molecule has 0 atom stereocenters. The lowest BCUT2D eigenvalue weighted by molar-refractivity contribution is 0.00578. The van der Waals surface area contributed by atoms with Crippen molar-refractivity contribution in [3.05, 3.63) is 260 Å². The number of hydrogen-bond acceptors (Lipinski definition) is 2. The third-order valence-corrected chi connectivity index (χ3v) is 16.9. The van der Waals surface area contributed by atoms with Gasteiger partial charge in [0.05, 0.1) is 33.3 Å². The van der Waals surface area contributed by atoms with Gasteiger partial charge in [-0.15, -0.1) is 0 Å². The molecule has 1 fully saturated rings. The van der Waals surface area contributed by atoms with Gasteiger partial charge in [0.1, 0.15) is 0 Å². The lowest BCUT2D eigenvalue weighted by Gasteiger charge is -2.32. The molecule has 380 valence electrons. The van der Waals surface area contributed by atoms with Crippen LogP contribution in [0.15, 0.2) is 249 Å². The number of nitrogens with zero attached hydrogens (tertiary/aromatic N) is 2. The fraction of sp³-hybridized carbons (Fsp3) is 0.108. The van der Waals surface area contributed by atoms with Crippen LogP contribution in [-0.2, 0) is 9.31 Å². The summed E-state index contributed by atoms with van der Waals surface area (Å²) < 4.78 is 18.2. The zero-order valence-electron chi connectivity index (χ0n) is 45.5. The largest absolute Gasteiger partial charge is 0.494 e. The van der Waals surface area contributed by atoms with E-state index in [1.54, 1.807) is 0 Å². The maximum Gasteiger partial charge on any atom is 0.494 e. The van der Waals surface area contributed by atoms with Crippen LogP contribution < -0.4 is 5.46 Å². The van der Waals surface area contributed by atoms with Gasteiger partial charge in [-0.05, 0) is 162 Å². The molecule has 1 aliphatic heterocycles. The predicted molar refractivity (Wildman–Crippen MR) is 333 cm³/mol. The Bertz CT molecular complexity index is 4430. The summed E-state index contributed by atoms with van der Waals surface area (Å²) in [6, 6.07) is 91.9. The van der Waals surface area contributed by atoms with E-state index >= 15 is 0 Å². The van der Waals surface area contributed by atoms with E-state index in [0.29, 0.717) is 0 Å². The minimum absolute atomic E-state index is 0.469. The number of rotatable bonds is 9. The Labute approximate surface area is 462 Å². The number of aromatic nitrogens is 2. The zero-order chi connectivity index (χ0) is 53.6. The molecule has 3 heterocycles. The van der Waals surface area contributed by atoms with Gasteiger partial charge in [-0.1, -0.05) is 211 Å². The minimum atomic E-state index is -0.495. The number of fused-ring (bicyclic) bond motifs is 6. The highest BCUT2D eigenvalue weighted by atomic mass is 16.7. The van der Waals surface area contributed by atoms with Crippen LogP contribution in [0.2, 0.25) is 0 Å². The second kappa shape index (κ2) is 18.9. The number of benzene rings is 11. The van der Waals surface area contributed by atoms with Gasteiger partial charge < -0.3 is 18.4 Å². The first-order valence-corrected chi connectivity index (χ1v) is 27.6. The van der Waals surface area contributed by atoms with Gasteiger partial charge in [-0.3, -0.25) is 0 Å². The van der Waals surface area contributed by atoms with Crippen molar-refractivity contribution in [3.8, 4) is 78.1 Å². The van der Waals surface area contributed by atoms with Gasteiger partial charge in [-0.2, -0.15) is 0 Å². The number of aryl methyl sites for hydroxylation is 2. The molecule has 5 heteroatoms. The van der Waals surface area contributed by atoms with Gasteiger partial charge in [0.2, 0.25) is 0 Å². The van der Waals surface area contributed by atoms with Crippen molar-refractivity contribution in [1.82, 2.24) is 9.13 Å². The lowest BCUT2D eigenvalue weighted by atomic mass is 9.73. The highest BCUT2D eigenvalue weighted by Gasteiger charge is 2.51. The van der Waals surface area contributed by atoms with E-state index in [0.717, 1.165) is 66.9 Å². The topological polar surface area (TPSA) is 28.3 Å². The van der Waals surface area contributed by atoms with Gasteiger partial charge in [0.25, 0.3) is 0 Å². The Morgan fingerprint density at radius 1 is 0.291 bits per heavy atom. The van der Waals surface area contributed by atoms with E-state index in [-0.39, 0.29) is 0 Å². The molecule has 0 N–H and O–H groups in total. The second-order valence-corrected chi connectivity index (χ2v) is 22.4. The fourth-order valence-corrected chi connectivity index (χ4v) is 12.3. The average molecular weight is 1020 g/mol. The summed E-state index contributed by atoms with van der Waals surface area (Å²) in [6.07, 6.45) is 0. The van der Waals surface area contributed by atoms with E-state index < -0.39 is 18.3 Å². The van der Waals surface area contributed by atoms with Crippen molar-refractivity contribution in [1.29, 1.82) is 0 Å². The first-order chi connectivity index (χ1) is 38.5. The van der Waals surface area contributed by atoms with E-state index in [4.69, 9.17) is 9.31 Å². The highest BCUT2D eigenvalue weighted by molar-refractivity contribution is 6.62. The molecule has 0 spiro atoms. The van der Waals surface area contributed by atoms with E-state index in [1.807, 2.05) is 0 Å². The van der Waals surface area contributed by atoms with Crippen molar-refractivity contribution in [3.63, 3.8) is 0 Å². The van der Waals surface area contributed by atoms with Crippen LogP contribution in [0, 0.1) is 13.8 Å².